The standard InChI is InChI=1S/C32H57NO2/c1-6-7-8-9-10-30(35)33-25-17-19-31(4)24(21-25)13-14-26-28-16-15-27(22(2)11-12-23(3)34)32(28,5)20-18-29(26)31/h22-29,34H,6-21H2,1-5H3,(H,33,35). The van der Waals surface area contributed by atoms with Crippen LogP contribution in [-0.2, 0) is 4.79 Å². The second-order valence-corrected chi connectivity index (χ2v) is 14.1. The number of carbonyl (C=O) groups excluding carboxylic acids is 1. The average molecular weight is 488 g/mol. The first-order valence-corrected chi connectivity index (χ1v) is 15.7. The highest BCUT2D eigenvalue weighted by Gasteiger charge is 2.60. The summed E-state index contributed by atoms with van der Waals surface area (Å²) in [6, 6.07) is 0.419. The number of hydrogen-bond acceptors (Lipinski definition) is 2. The van der Waals surface area contributed by atoms with Crippen molar-refractivity contribution in [1.29, 1.82) is 0 Å². The van der Waals surface area contributed by atoms with Gasteiger partial charge >= 0.3 is 0 Å². The minimum Gasteiger partial charge on any atom is -0.393 e. The van der Waals surface area contributed by atoms with Crippen LogP contribution in [0.1, 0.15) is 137 Å². The van der Waals surface area contributed by atoms with E-state index in [1.54, 1.807) is 0 Å². The van der Waals surface area contributed by atoms with Gasteiger partial charge < -0.3 is 10.4 Å². The molecule has 35 heavy (non-hydrogen) atoms. The van der Waals surface area contributed by atoms with E-state index in [0.717, 1.165) is 54.8 Å². The van der Waals surface area contributed by atoms with Gasteiger partial charge in [-0.25, -0.2) is 0 Å². The molecule has 0 bridgehead atoms. The Morgan fingerprint density at radius 3 is 2.40 bits per heavy atom. The highest BCUT2D eigenvalue weighted by Crippen LogP contribution is 2.68. The van der Waals surface area contributed by atoms with Crippen LogP contribution in [0.25, 0.3) is 0 Å². The molecule has 0 aromatic rings. The molecule has 3 heteroatoms. The van der Waals surface area contributed by atoms with Crippen molar-refractivity contribution >= 4 is 5.91 Å². The summed E-state index contributed by atoms with van der Waals surface area (Å²) in [4.78, 5) is 12.5. The third-order valence-corrected chi connectivity index (χ3v) is 12.1. The molecule has 0 aromatic carbocycles. The summed E-state index contributed by atoms with van der Waals surface area (Å²) in [6.07, 6.45) is 19.7. The number of rotatable bonds is 10. The molecule has 0 spiro atoms. The van der Waals surface area contributed by atoms with E-state index < -0.39 is 0 Å². The van der Waals surface area contributed by atoms with Crippen LogP contribution in [0.5, 0.6) is 0 Å². The maximum atomic E-state index is 12.5. The van der Waals surface area contributed by atoms with Gasteiger partial charge in [-0.15, -0.1) is 0 Å². The summed E-state index contributed by atoms with van der Waals surface area (Å²) in [5, 5.41) is 13.3. The summed E-state index contributed by atoms with van der Waals surface area (Å²) in [5.74, 6) is 5.43. The minimum absolute atomic E-state index is 0.158. The number of aliphatic hydroxyl groups excluding tert-OH is 1. The Labute approximate surface area is 217 Å². The van der Waals surface area contributed by atoms with Crippen molar-refractivity contribution < 1.29 is 9.90 Å². The van der Waals surface area contributed by atoms with Crippen molar-refractivity contribution in [3.63, 3.8) is 0 Å². The lowest BCUT2D eigenvalue weighted by Gasteiger charge is -2.61. The summed E-state index contributed by atoms with van der Waals surface area (Å²) in [5.41, 5.74) is 1.01. The molecule has 3 nitrogen and oxygen atoms in total. The van der Waals surface area contributed by atoms with Crippen molar-refractivity contribution in [3.05, 3.63) is 0 Å². The Kier molecular flexibility index (Phi) is 8.98. The fourth-order valence-corrected chi connectivity index (χ4v) is 10.1. The number of hydrogen-bond donors (Lipinski definition) is 2. The molecule has 2 N–H and O–H groups in total. The van der Waals surface area contributed by atoms with Gasteiger partial charge in [0.05, 0.1) is 6.10 Å². The van der Waals surface area contributed by atoms with Gasteiger partial charge in [0.15, 0.2) is 0 Å². The lowest BCUT2D eigenvalue weighted by molar-refractivity contribution is -0.128. The van der Waals surface area contributed by atoms with Crippen molar-refractivity contribution in [2.24, 2.45) is 46.3 Å². The van der Waals surface area contributed by atoms with Crippen LogP contribution in [0.15, 0.2) is 0 Å². The van der Waals surface area contributed by atoms with Crippen LogP contribution >= 0.6 is 0 Å². The number of nitrogens with one attached hydrogen (secondary N) is 1. The van der Waals surface area contributed by atoms with Gasteiger partial charge in [-0.05, 0) is 130 Å². The zero-order valence-electron chi connectivity index (χ0n) is 23.8. The molecular weight excluding hydrogens is 430 g/mol. The molecule has 0 aromatic heterocycles. The van der Waals surface area contributed by atoms with E-state index in [0.29, 0.717) is 22.8 Å². The van der Waals surface area contributed by atoms with Crippen molar-refractivity contribution in [1.82, 2.24) is 5.32 Å². The molecule has 0 saturated heterocycles. The first kappa shape index (κ1) is 27.5. The Morgan fingerprint density at radius 2 is 1.66 bits per heavy atom. The van der Waals surface area contributed by atoms with Crippen LogP contribution in [0.3, 0.4) is 0 Å². The first-order chi connectivity index (χ1) is 16.7. The highest BCUT2D eigenvalue weighted by molar-refractivity contribution is 5.76. The van der Waals surface area contributed by atoms with Gasteiger partial charge in [-0.3, -0.25) is 4.79 Å². The molecule has 10 atom stereocenters. The van der Waals surface area contributed by atoms with Gasteiger partial charge in [-0.1, -0.05) is 47.0 Å². The second-order valence-electron chi connectivity index (χ2n) is 14.1. The van der Waals surface area contributed by atoms with Crippen LogP contribution in [0, 0.1) is 46.3 Å². The Bertz CT molecular complexity index is 706. The molecule has 4 aliphatic rings. The summed E-state index contributed by atoms with van der Waals surface area (Å²) >= 11 is 0. The summed E-state index contributed by atoms with van der Waals surface area (Å²) < 4.78 is 0. The third-order valence-electron chi connectivity index (χ3n) is 12.1. The zero-order valence-corrected chi connectivity index (χ0v) is 23.8. The molecule has 0 radical (unpaired) electrons. The number of carbonyl (C=O) groups is 1. The van der Waals surface area contributed by atoms with Crippen LogP contribution in [0.2, 0.25) is 0 Å². The van der Waals surface area contributed by atoms with Crippen LogP contribution in [-0.4, -0.2) is 23.2 Å². The summed E-state index contributed by atoms with van der Waals surface area (Å²) in [6.45, 7) is 12.0. The van der Waals surface area contributed by atoms with E-state index in [-0.39, 0.29) is 6.10 Å². The normalized spacial score (nSPS) is 42.5. The molecule has 4 aliphatic carbocycles. The van der Waals surface area contributed by atoms with Crippen molar-refractivity contribution in [3.8, 4) is 0 Å². The highest BCUT2D eigenvalue weighted by atomic mass is 16.3. The van der Waals surface area contributed by atoms with E-state index in [1.807, 2.05) is 6.92 Å². The lowest BCUT2D eigenvalue weighted by Crippen LogP contribution is -2.55. The molecular formula is C32H57NO2. The first-order valence-electron chi connectivity index (χ1n) is 15.7. The third kappa shape index (κ3) is 5.65. The van der Waals surface area contributed by atoms with E-state index in [2.05, 4.69) is 33.0 Å². The van der Waals surface area contributed by atoms with E-state index >= 15 is 0 Å². The van der Waals surface area contributed by atoms with Crippen LogP contribution < -0.4 is 5.32 Å². The fourth-order valence-electron chi connectivity index (χ4n) is 10.1. The van der Waals surface area contributed by atoms with Crippen LogP contribution in [0.4, 0.5) is 0 Å². The predicted octanol–water partition coefficient (Wildman–Crippen LogP) is 7.90. The molecule has 4 saturated carbocycles. The van der Waals surface area contributed by atoms with Gasteiger partial charge in [-0.2, -0.15) is 0 Å². The van der Waals surface area contributed by atoms with Crippen molar-refractivity contribution in [2.75, 3.05) is 0 Å². The predicted molar refractivity (Wildman–Crippen MR) is 146 cm³/mol. The molecule has 10 unspecified atom stereocenters. The number of aliphatic hydroxyl groups is 1. The van der Waals surface area contributed by atoms with E-state index in [1.165, 1.54) is 83.5 Å². The second kappa shape index (κ2) is 11.4. The minimum atomic E-state index is -0.158. The Balaban J connectivity index is 1.35. The topological polar surface area (TPSA) is 49.3 Å². The molecule has 4 fully saturated rings. The SMILES string of the molecule is CCCCCCC(=O)NC1CCC2(C)C(CCC3C2CCC2(C)C(C(C)CCC(C)O)CCC32)C1. The largest absolute Gasteiger partial charge is 0.393 e. The quantitative estimate of drug-likeness (QED) is 0.308. The number of unbranched alkanes of at least 4 members (excludes halogenated alkanes) is 3. The molecule has 0 aliphatic heterocycles. The average Bonchev–Trinajstić information content (AvgIpc) is 3.18. The Morgan fingerprint density at radius 1 is 0.914 bits per heavy atom. The van der Waals surface area contributed by atoms with Gasteiger partial charge in [0, 0.05) is 12.5 Å². The molecule has 1 amide bonds. The fraction of sp³-hybridized carbons (Fsp3) is 0.969. The van der Waals surface area contributed by atoms with E-state index in [9.17, 15) is 9.90 Å². The monoisotopic (exact) mass is 487 g/mol. The van der Waals surface area contributed by atoms with Gasteiger partial charge in [0.2, 0.25) is 5.91 Å². The van der Waals surface area contributed by atoms with Gasteiger partial charge in [0.25, 0.3) is 0 Å². The van der Waals surface area contributed by atoms with E-state index in [4.69, 9.17) is 0 Å². The number of amides is 1. The Hall–Kier alpha value is -0.570. The van der Waals surface area contributed by atoms with Gasteiger partial charge in [0.1, 0.15) is 0 Å². The molecule has 4 rings (SSSR count). The van der Waals surface area contributed by atoms with Crippen molar-refractivity contribution in [2.45, 2.75) is 149 Å². The smallest absolute Gasteiger partial charge is 0.220 e. The molecule has 0 heterocycles. The summed E-state index contributed by atoms with van der Waals surface area (Å²) in [7, 11) is 0. The molecule has 202 valence electrons. The maximum absolute atomic E-state index is 12.5. The zero-order chi connectivity index (χ0) is 25.2. The number of fused-ring (bicyclic) bond motifs is 5. The lowest BCUT2D eigenvalue weighted by atomic mass is 9.44. The maximum Gasteiger partial charge on any atom is 0.220 e.